The molecule has 0 spiro atoms. The van der Waals surface area contributed by atoms with Gasteiger partial charge in [-0.15, -0.1) is 0 Å². The Morgan fingerprint density at radius 3 is 2.67 bits per heavy atom. The molecule has 1 amide bonds. The Labute approximate surface area is 90.2 Å². The Morgan fingerprint density at radius 1 is 1.60 bits per heavy atom. The molecule has 1 rings (SSSR count). The van der Waals surface area contributed by atoms with Gasteiger partial charge in [-0.25, -0.2) is 4.79 Å². The zero-order valence-electron chi connectivity index (χ0n) is 9.56. The minimum Gasteiger partial charge on any atom is -0.444 e. The maximum Gasteiger partial charge on any atom is 0.410 e. The van der Waals surface area contributed by atoms with E-state index in [0.717, 1.165) is 0 Å². The summed E-state index contributed by atoms with van der Waals surface area (Å²) in [7, 11) is 0. The SMILES string of the molecule is CC(C)(C)OC(=O)N1CC[C@@H](O)[C@@H]1CN. The molecule has 1 fully saturated rings. The highest BCUT2D eigenvalue weighted by Gasteiger charge is 2.37. The summed E-state index contributed by atoms with van der Waals surface area (Å²) in [4.78, 5) is 13.2. The van der Waals surface area contributed by atoms with Gasteiger partial charge >= 0.3 is 6.09 Å². The molecule has 88 valence electrons. The second-order valence-electron chi connectivity index (χ2n) is 4.83. The van der Waals surface area contributed by atoms with Crippen molar-refractivity contribution in [1.29, 1.82) is 0 Å². The summed E-state index contributed by atoms with van der Waals surface area (Å²) < 4.78 is 5.22. The fourth-order valence-electron chi connectivity index (χ4n) is 1.67. The minimum absolute atomic E-state index is 0.264. The quantitative estimate of drug-likeness (QED) is 0.661. The summed E-state index contributed by atoms with van der Waals surface area (Å²) in [6, 6.07) is -0.306. The molecule has 0 saturated carbocycles. The van der Waals surface area contributed by atoms with Gasteiger partial charge in [-0.2, -0.15) is 0 Å². The molecule has 0 aromatic heterocycles. The number of hydrogen-bond acceptors (Lipinski definition) is 4. The number of hydrogen-bond donors (Lipinski definition) is 2. The summed E-state index contributed by atoms with van der Waals surface area (Å²) in [5, 5.41) is 9.58. The van der Waals surface area contributed by atoms with Gasteiger partial charge in [0, 0.05) is 13.1 Å². The van der Waals surface area contributed by atoms with E-state index in [2.05, 4.69) is 0 Å². The Bertz CT molecular complexity index is 237. The van der Waals surface area contributed by atoms with Crippen LogP contribution in [0.25, 0.3) is 0 Å². The standard InChI is InChI=1S/C10H20N2O3/c1-10(2,3)15-9(14)12-5-4-8(13)7(12)6-11/h7-8,13H,4-6,11H2,1-3H3/t7-,8+/m0/s1. The van der Waals surface area contributed by atoms with Gasteiger partial charge in [-0.1, -0.05) is 0 Å². The second kappa shape index (κ2) is 4.37. The van der Waals surface area contributed by atoms with Crippen LogP contribution in [0.4, 0.5) is 4.79 Å². The molecule has 0 radical (unpaired) electrons. The summed E-state index contributed by atoms with van der Waals surface area (Å²) >= 11 is 0. The number of ether oxygens (including phenoxy) is 1. The van der Waals surface area contributed by atoms with Gasteiger partial charge < -0.3 is 20.5 Å². The Hall–Kier alpha value is -0.810. The topological polar surface area (TPSA) is 75.8 Å². The molecular formula is C10H20N2O3. The molecule has 5 nitrogen and oxygen atoms in total. The number of carbonyl (C=O) groups excluding carboxylic acids is 1. The summed E-state index contributed by atoms with van der Waals surface area (Å²) in [5.74, 6) is 0. The predicted molar refractivity (Wildman–Crippen MR) is 56.4 cm³/mol. The number of rotatable bonds is 1. The number of nitrogens with two attached hydrogens (primary N) is 1. The van der Waals surface area contributed by atoms with Gasteiger partial charge in [-0.3, -0.25) is 0 Å². The van der Waals surface area contributed by atoms with Gasteiger partial charge in [0.15, 0.2) is 0 Å². The van der Waals surface area contributed by atoms with Crippen molar-refractivity contribution >= 4 is 6.09 Å². The molecule has 0 aromatic rings. The summed E-state index contributed by atoms with van der Waals surface area (Å²) in [5.41, 5.74) is 5.00. The first kappa shape index (κ1) is 12.3. The highest BCUT2D eigenvalue weighted by Crippen LogP contribution is 2.20. The number of aliphatic hydroxyl groups excluding tert-OH is 1. The molecule has 0 bridgehead atoms. The van der Waals surface area contributed by atoms with Crippen LogP contribution in [0.5, 0.6) is 0 Å². The highest BCUT2D eigenvalue weighted by atomic mass is 16.6. The minimum atomic E-state index is -0.525. The summed E-state index contributed by atoms with van der Waals surface area (Å²) in [6.45, 7) is 6.22. The molecule has 5 heteroatoms. The molecular weight excluding hydrogens is 196 g/mol. The van der Waals surface area contributed by atoms with Crippen LogP contribution in [0.2, 0.25) is 0 Å². The number of aliphatic hydroxyl groups is 1. The van der Waals surface area contributed by atoms with Gasteiger partial charge in [0.25, 0.3) is 0 Å². The highest BCUT2D eigenvalue weighted by molar-refractivity contribution is 5.69. The van der Waals surface area contributed by atoms with Gasteiger partial charge in [-0.05, 0) is 27.2 Å². The van der Waals surface area contributed by atoms with Crippen molar-refractivity contribution in [3.8, 4) is 0 Å². The van der Waals surface area contributed by atoms with Crippen LogP contribution in [0, 0.1) is 0 Å². The molecule has 0 unspecified atom stereocenters. The van der Waals surface area contributed by atoms with E-state index in [4.69, 9.17) is 10.5 Å². The van der Waals surface area contributed by atoms with E-state index in [-0.39, 0.29) is 12.6 Å². The number of carbonyl (C=O) groups is 1. The zero-order chi connectivity index (χ0) is 11.6. The number of likely N-dealkylation sites (tertiary alicyclic amines) is 1. The average molecular weight is 216 g/mol. The van der Waals surface area contributed by atoms with E-state index in [0.29, 0.717) is 13.0 Å². The lowest BCUT2D eigenvalue weighted by molar-refractivity contribution is 0.0166. The van der Waals surface area contributed by atoms with E-state index in [1.165, 1.54) is 4.90 Å². The fourth-order valence-corrected chi connectivity index (χ4v) is 1.67. The van der Waals surface area contributed by atoms with Gasteiger partial charge in [0.05, 0.1) is 12.1 Å². The molecule has 15 heavy (non-hydrogen) atoms. The van der Waals surface area contributed by atoms with Gasteiger partial charge in [0.2, 0.25) is 0 Å². The van der Waals surface area contributed by atoms with Crippen LogP contribution in [0.15, 0.2) is 0 Å². The van der Waals surface area contributed by atoms with Crippen molar-refractivity contribution < 1.29 is 14.6 Å². The number of amides is 1. The lowest BCUT2D eigenvalue weighted by Crippen LogP contribution is -2.46. The first-order valence-electron chi connectivity index (χ1n) is 5.23. The van der Waals surface area contributed by atoms with Crippen molar-refractivity contribution in [1.82, 2.24) is 4.90 Å². The maximum absolute atomic E-state index is 11.7. The molecule has 0 aliphatic carbocycles. The van der Waals surface area contributed by atoms with Crippen LogP contribution in [0.1, 0.15) is 27.2 Å². The fraction of sp³-hybridized carbons (Fsp3) is 0.900. The van der Waals surface area contributed by atoms with Crippen LogP contribution >= 0.6 is 0 Å². The Morgan fingerprint density at radius 2 is 2.20 bits per heavy atom. The monoisotopic (exact) mass is 216 g/mol. The number of nitrogens with zero attached hydrogens (tertiary/aromatic N) is 1. The predicted octanol–water partition coefficient (Wildman–Crippen LogP) is 0.315. The van der Waals surface area contributed by atoms with Crippen LogP contribution < -0.4 is 5.73 Å². The molecule has 1 saturated heterocycles. The van der Waals surface area contributed by atoms with E-state index in [9.17, 15) is 9.90 Å². The van der Waals surface area contributed by atoms with Crippen molar-refractivity contribution in [3.63, 3.8) is 0 Å². The maximum atomic E-state index is 11.7. The van der Waals surface area contributed by atoms with E-state index >= 15 is 0 Å². The third-order valence-corrected chi connectivity index (χ3v) is 2.38. The van der Waals surface area contributed by atoms with Crippen LogP contribution in [-0.2, 0) is 4.74 Å². The largest absolute Gasteiger partial charge is 0.444 e. The van der Waals surface area contributed by atoms with E-state index in [1.807, 2.05) is 20.8 Å². The van der Waals surface area contributed by atoms with E-state index < -0.39 is 17.8 Å². The van der Waals surface area contributed by atoms with Crippen molar-refractivity contribution in [2.24, 2.45) is 5.73 Å². The first-order chi connectivity index (χ1) is 6.85. The third kappa shape index (κ3) is 3.07. The van der Waals surface area contributed by atoms with Crippen molar-refractivity contribution in [3.05, 3.63) is 0 Å². The van der Waals surface area contributed by atoms with Crippen LogP contribution in [-0.4, -0.2) is 46.9 Å². The second-order valence-corrected chi connectivity index (χ2v) is 4.83. The first-order valence-corrected chi connectivity index (χ1v) is 5.23. The van der Waals surface area contributed by atoms with Crippen LogP contribution in [0.3, 0.4) is 0 Å². The lowest BCUT2D eigenvalue weighted by atomic mass is 10.2. The van der Waals surface area contributed by atoms with Crippen molar-refractivity contribution in [2.75, 3.05) is 13.1 Å². The summed E-state index contributed by atoms with van der Waals surface area (Å²) in [6.07, 6.45) is -0.349. The van der Waals surface area contributed by atoms with Crippen molar-refractivity contribution in [2.45, 2.75) is 44.9 Å². The third-order valence-electron chi connectivity index (χ3n) is 2.38. The smallest absolute Gasteiger partial charge is 0.410 e. The Kier molecular flexibility index (Phi) is 3.57. The molecule has 2 atom stereocenters. The van der Waals surface area contributed by atoms with Gasteiger partial charge in [0.1, 0.15) is 5.60 Å². The Balaban J connectivity index is 2.60. The molecule has 1 aliphatic heterocycles. The average Bonchev–Trinajstić information content (AvgIpc) is 2.43. The molecule has 0 aromatic carbocycles. The van der Waals surface area contributed by atoms with E-state index in [1.54, 1.807) is 0 Å². The lowest BCUT2D eigenvalue weighted by Gasteiger charge is -2.28. The molecule has 1 heterocycles. The molecule has 1 aliphatic rings. The molecule has 3 N–H and O–H groups in total. The normalized spacial score (nSPS) is 26.9. The zero-order valence-corrected chi connectivity index (χ0v) is 9.56.